The zero-order chi connectivity index (χ0) is 18.0. The van der Waals surface area contributed by atoms with Crippen LogP contribution in [0.1, 0.15) is 30.9 Å². The lowest BCUT2D eigenvalue weighted by Crippen LogP contribution is -2.44. The number of benzene rings is 1. The highest BCUT2D eigenvalue weighted by atomic mass is 16.5. The maximum atomic E-state index is 12.5. The second kappa shape index (κ2) is 6.89. The van der Waals surface area contributed by atoms with Crippen LogP contribution in [0.15, 0.2) is 36.4 Å². The first kappa shape index (κ1) is 16.9. The average Bonchev–Trinajstić information content (AvgIpc) is 2.90. The van der Waals surface area contributed by atoms with Crippen molar-refractivity contribution in [2.45, 2.75) is 32.4 Å². The van der Waals surface area contributed by atoms with Gasteiger partial charge in [0.2, 0.25) is 11.8 Å². The largest absolute Gasteiger partial charge is 0.459 e. The molecule has 0 bridgehead atoms. The molecule has 0 aromatic heterocycles. The number of ether oxygens (including phenoxy) is 1. The van der Waals surface area contributed by atoms with E-state index >= 15 is 0 Å². The zero-order valence-electron chi connectivity index (χ0n) is 13.8. The second-order valence-corrected chi connectivity index (χ2v) is 6.30. The van der Waals surface area contributed by atoms with E-state index in [-0.39, 0.29) is 30.3 Å². The molecular formula is C19H18N2O4. The molecule has 2 aliphatic rings. The molecule has 1 aliphatic carbocycles. The molecule has 0 N–H and O–H groups in total. The van der Waals surface area contributed by atoms with E-state index in [1.807, 2.05) is 18.2 Å². The second-order valence-electron chi connectivity index (χ2n) is 6.30. The van der Waals surface area contributed by atoms with Crippen molar-refractivity contribution >= 4 is 17.8 Å². The molecule has 1 fully saturated rings. The summed E-state index contributed by atoms with van der Waals surface area (Å²) in [5.74, 6) is -1.94. The number of nitrogens with zero attached hydrogens (tertiary/aromatic N) is 2. The van der Waals surface area contributed by atoms with Gasteiger partial charge < -0.3 is 4.74 Å². The van der Waals surface area contributed by atoms with Crippen LogP contribution in [-0.2, 0) is 25.7 Å². The fourth-order valence-corrected chi connectivity index (χ4v) is 3.32. The van der Waals surface area contributed by atoms with Crippen molar-refractivity contribution < 1.29 is 19.1 Å². The zero-order valence-corrected chi connectivity index (χ0v) is 13.8. The van der Waals surface area contributed by atoms with Crippen LogP contribution in [0.25, 0.3) is 0 Å². The molecule has 1 heterocycles. The minimum Gasteiger partial charge on any atom is -0.459 e. The van der Waals surface area contributed by atoms with Crippen molar-refractivity contribution in [2.75, 3.05) is 0 Å². The molecule has 1 aromatic carbocycles. The molecule has 3 rings (SSSR count). The minimum absolute atomic E-state index is 0.0106. The Labute approximate surface area is 145 Å². The van der Waals surface area contributed by atoms with Crippen LogP contribution in [0, 0.1) is 23.2 Å². The number of esters is 1. The summed E-state index contributed by atoms with van der Waals surface area (Å²) in [6, 6.07) is 7.80. The first-order valence-electron chi connectivity index (χ1n) is 8.20. The Morgan fingerprint density at radius 1 is 1.28 bits per heavy atom. The van der Waals surface area contributed by atoms with E-state index in [2.05, 4.69) is 0 Å². The smallest absolute Gasteiger partial charge is 0.329 e. The number of rotatable bonds is 4. The first-order valence-corrected chi connectivity index (χ1v) is 8.20. The van der Waals surface area contributed by atoms with Gasteiger partial charge in [-0.15, -0.1) is 0 Å². The van der Waals surface area contributed by atoms with E-state index in [1.165, 1.54) is 6.92 Å². The molecule has 0 saturated carbocycles. The standard InChI is InChI=1S/C19H18N2O4/c1-12(19(24)25-11-14-6-4-5-13(9-14)10-20)21-17(22)15-7-2-3-8-16(15)18(21)23/h2-6,9,12,15-16H,7-8,11H2,1H3. The predicted molar refractivity (Wildman–Crippen MR) is 87.6 cm³/mol. The molecule has 0 radical (unpaired) electrons. The number of hydrogen-bond donors (Lipinski definition) is 0. The molecule has 3 unspecified atom stereocenters. The Morgan fingerprint density at radius 3 is 2.52 bits per heavy atom. The summed E-state index contributed by atoms with van der Waals surface area (Å²) in [7, 11) is 0. The summed E-state index contributed by atoms with van der Waals surface area (Å²) in [5.41, 5.74) is 1.15. The number of nitriles is 1. The van der Waals surface area contributed by atoms with Crippen LogP contribution < -0.4 is 0 Å². The third kappa shape index (κ3) is 3.18. The number of allylic oxidation sites excluding steroid dienone is 2. The number of carbonyl (C=O) groups excluding carboxylic acids is 3. The highest BCUT2D eigenvalue weighted by Crippen LogP contribution is 2.36. The molecule has 3 atom stereocenters. The Hall–Kier alpha value is -2.94. The van der Waals surface area contributed by atoms with Gasteiger partial charge in [-0.05, 0) is 37.5 Å². The maximum absolute atomic E-state index is 12.5. The molecule has 1 aliphatic heterocycles. The number of likely N-dealkylation sites (tertiary alicyclic amines) is 1. The lowest BCUT2D eigenvalue weighted by Gasteiger charge is -2.21. The van der Waals surface area contributed by atoms with Crippen LogP contribution in [0.4, 0.5) is 0 Å². The van der Waals surface area contributed by atoms with Crippen LogP contribution >= 0.6 is 0 Å². The molecule has 6 heteroatoms. The Balaban J connectivity index is 1.65. The van der Waals surface area contributed by atoms with Gasteiger partial charge in [-0.1, -0.05) is 24.3 Å². The van der Waals surface area contributed by atoms with E-state index in [4.69, 9.17) is 10.00 Å². The molecule has 6 nitrogen and oxygen atoms in total. The lowest BCUT2D eigenvalue weighted by atomic mass is 9.85. The maximum Gasteiger partial charge on any atom is 0.329 e. The van der Waals surface area contributed by atoms with Gasteiger partial charge >= 0.3 is 5.97 Å². The van der Waals surface area contributed by atoms with Crippen molar-refractivity contribution in [1.29, 1.82) is 5.26 Å². The third-order valence-electron chi connectivity index (χ3n) is 4.71. The average molecular weight is 338 g/mol. The van der Waals surface area contributed by atoms with Gasteiger partial charge in [0.1, 0.15) is 12.6 Å². The van der Waals surface area contributed by atoms with E-state index in [0.717, 1.165) is 4.90 Å². The Bertz CT molecular complexity index is 767. The fourth-order valence-electron chi connectivity index (χ4n) is 3.32. The van der Waals surface area contributed by atoms with Gasteiger partial charge in [0.05, 0.1) is 23.5 Å². The van der Waals surface area contributed by atoms with E-state index in [1.54, 1.807) is 24.3 Å². The van der Waals surface area contributed by atoms with E-state index in [0.29, 0.717) is 24.0 Å². The molecule has 0 spiro atoms. The number of fused-ring (bicyclic) bond motifs is 1. The summed E-state index contributed by atoms with van der Waals surface area (Å²) in [5, 5.41) is 8.89. The number of carbonyl (C=O) groups is 3. The summed E-state index contributed by atoms with van der Waals surface area (Å²) < 4.78 is 5.24. The monoisotopic (exact) mass is 338 g/mol. The summed E-state index contributed by atoms with van der Waals surface area (Å²) in [6.45, 7) is 1.50. The fraction of sp³-hybridized carbons (Fsp3) is 0.368. The molecular weight excluding hydrogens is 320 g/mol. The van der Waals surface area contributed by atoms with Crippen molar-refractivity contribution in [3.8, 4) is 6.07 Å². The van der Waals surface area contributed by atoms with Crippen molar-refractivity contribution in [1.82, 2.24) is 4.90 Å². The van der Waals surface area contributed by atoms with Crippen LogP contribution in [0.2, 0.25) is 0 Å². The van der Waals surface area contributed by atoms with Gasteiger partial charge in [-0.25, -0.2) is 4.79 Å². The molecule has 2 amide bonds. The van der Waals surface area contributed by atoms with Crippen molar-refractivity contribution in [2.24, 2.45) is 11.8 Å². The molecule has 25 heavy (non-hydrogen) atoms. The van der Waals surface area contributed by atoms with Gasteiger partial charge in [0.15, 0.2) is 0 Å². The normalized spacial score (nSPS) is 23.1. The highest BCUT2D eigenvalue weighted by Gasteiger charge is 2.50. The summed E-state index contributed by atoms with van der Waals surface area (Å²) >= 11 is 0. The number of amides is 2. The van der Waals surface area contributed by atoms with Gasteiger partial charge in [0, 0.05) is 0 Å². The van der Waals surface area contributed by atoms with Crippen LogP contribution in [-0.4, -0.2) is 28.7 Å². The Kier molecular flexibility index (Phi) is 4.66. The summed E-state index contributed by atoms with van der Waals surface area (Å²) in [4.78, 5) is 38.3. The molecule has 1 aromatic rings. The minimum atomic E-state index is -0.954. The van der Waals surface area contributed by atoms with Crippen LogP contribution in [0.3, 0.4) is 0 Å². The molecule has 1 saturated heterocycles. The van der Waals surface area contributed by atoms with E-state index in [9.17, 15) is 14.4 Å². The lowest BCUT2D eigenvalue weighted by molar-refractivity contribution is -0.159. The third-order valence-corrected chi connectivity index (χ3v) is 4.71. The summed E-state index contributed by atoms with van der Waals surface area (Å²) in [6.07, 6.45) is 4.88. The van der Waals surface area contributed by atoms with Gasteiger partial charge in [-0.3, -0.25) is 14.5 Å². The van der Waals surface area contributed by atoms with Gasteiger partial charge in [-0.2, -0.15) is 5.26 Å². The number of imide groups is 1. The molecule has 128 valence electrons. The predicted octanol–water partition coefficient (Wildman–Crippen LogP) is 1.94. The topological polar surface area (TPSA) is 87.5 Å². The SMILES string of the molecule is CC(C(=O)OCc1cccc(C#N)c1)N1C(=O)C2CC=CCC2C1=O. The van der Waals surface area contributed by atoms with E-state index < -0.39 is 12.0 Å². The quantitative estimate of drug-likeness (QED) is 0.476. The first-order chi connectivity index (χ1) is 12.0. The highest BCUT2D eigenvalue weighted by molar-refractivity contribution is 6.08. The van der Waals surface area contributed by atoms with Gasteiger partial charge in [0.25, 0.3) is 0 Å². The Morgan fingerprint density at radius 2 is 1.92 bits per heavy atom. The van der Waals surface area contributed by atoms with Crippen LogP contribution in [0.5, 0.6) is 0 Å². The van der Waals surface area contributed by atoms with Crippen molar-refractivity contribution in [3.63, 3.8) is 0 Å². The number of hydrogen-bond acceptors (Lipinski definition) is 5. The van der Waals surface area contributed by atoms with Crippen molar-refractivity contribution in [3.05, 3.63) is 47.5 Å².